The number of unbranched alkanes of at least 4 members (excludes halogenated alkanes) is 7. The Kier molecular flexibility index (Phi) is 10.9. The quantitative estimate of drug-likeness (QED) is 0.263. The Morgan fingerprint density at radius 2 is 1.40 bits per heavy atom. The molecule has 0 aromatic carbocycles. The van der Waals surface area contributed by atoms with Crippen molar-refractivity contribution in [1.82, 2.24) is 0 Å². The predicted octanol–water partition coefficient (Wildman–Crippen LogP) is 6.28. The molecule has 1 atom stereocenters. The Bertz CT molecular complexity index is 328. The van der Waals surface area contributed by atoms with Gasteiger partial charge in [0.2, 0.25) is 0 Å². The van der Waals surface area contributed by atoms with Crippen LogP contribution in [-0.4, -0.2) is 38.0 Å². The van der Waals surface area contributed by atoms with Crippen LogP contribution >= 0.6 is 0 Å². The molecular weight excluding hydrogens is 343 g/mol. The lowest BCUT2D eigenvalue weighted by molar-refractivity contribution is -0.284. The fourth-order valence-electron chi connectivity index (χ4n) is 2.94. The second-order valence-corrected chi connectivity index (χ2v) is 6.82. The number of alkyl halides is 5. The molecule has 1 aliphatic rings. The average Bonchev–Trinajstić information content (AvgIpc) is 3.04. The van der Waals surface area contributed by atoms with Crippen molar-refractivity contribution < 1.29 is 31.4 Å². The molecule has 0 bridgehead atoms. The zero-order valence-corrected chi connectivity index (χ0v) is 14.9. The van der Waals surface area contributed by atoms with Crippen molar-refractivity contribution >= 4 is 0 Å². The summed E-state index contributed by atoms with van der Waals surface area (Å²) in [7, 11) is 0. The maximum atomic E-state index is 12.7. The van der Waals surface area contributed by atoms with Gasteiger partial charge in [0.05, 0.1) is 6.10 Å². The first-order chi connectivity index (χ1) is 11.8. The van der Waals surface area contributed by atoms with Crippen LogP contribution in [0.3, 0.4) is 0 Å². The lowest BCUT2D eigenvalue weighted by Gasteiger charge is -2.19. The van der Waals surface area contributed by atoms with Crippen molar-refractivity contribution in [2.45, 2.75) is 95.3 Å². The van der Waals surface area contributed by atoms with Gasteiger partial charge in [-0.25, -0.2) is 0 Å². The Morgan fingerprint density at radius 1 is 0.800 bits per heavy atom. The third-order valence-corrected chi connectivity index (χ3v) is 4.55. The molecule has 1 rings (SSSR count). The Labute approximate surface area is 147 Å². The summed E-state index contributed by atoms with van der Waals surface area (Å²) < 4.78 is 72.4. The van der Waals surface area contributed by atoms with Crippen LogP contribution in [0.1, 0.15) is 77.0 Å². The lowest BCUT2D eigenvalue weighted by atomic mass is 10.1. The molecule has 25 heavy (non-hydrogen) atoms. The molecule has 0 amide bonds. The summed E-state index contributed by atoms with van der Waals surface area (Å²) in [6.07, 6.45) is 3.16. The number of hydrogen-bond donors (Lipinski definition) is 0. The van der Waals surface area contributed by atoms with E-state index >= 15 is 0 Å². The zero-order valence-electron chi connectivity index (χ0n) is 14.9. The normalized spacial score (nSPS) is 18.8. The second-order valence-electron chi connectivity index (χ2n) is 6.82. The van der Waals surface area contributed by atoms with E-state index in [0.29, 0.717) is 18.9 Å². The summed E-state index contributed by atoms with van der Waals surface area (Å²) in [4.78, 5) is 0. The monoisotopic (exact) mass is 374 g/mol. The van der Waals surface area contributed by atoms with Gasteiger partial charge in [-0.3, -0.25) is 0 Å². The van der Waals surface area contributed by atoms with Crippen LogP contribution in [-0.2, 0) is 9.47 Å². The second kappa shape index (κ2) is 12.0. The Hall–Kier alpha value is -0.430. The van der Waals surface area contributed by atoms with E-state index in [2.05, 4.69) is 0 Å². The van der Waals surface area contributed by atoms with Gasteiger partial charge in [0.15, 0.2) is 0 Å². The highest BCUT2D eigenvalue weighted by atomic mass is 19.4. The summed E-state index contributed by atoms with van der Waals surface area (Å²) >= 11 is 0. The third kappa shape index (κ3) is 10.3. The molecule has 0 aromatic rings. The van der Waals surface area contributed by atoms with Crippen LogP contribution in [0.15, 0.2) is 0 Å². The van der Waals surface area contributed by atoms with Gasteiger partial charge < -0.3 is 9.47 Å². The molecular formula is C18H31F5O2. The van der Waals surface area contributed by atoms with E-state index in [1.54, 1.807) is 0 Å². The summed E-state index contributed by atoms with van der Waals surface area (Å²) in [5.74, 6) is -4.54. The topological polar surface area (TPSA) is 18.5 Å². The predicted molar refractivity (Wildman–Crippen MR) is 87.0 cm³/mol. The number of rotatable bonds is 14. The molecule has 1 unspecified atom stereocenters. The van der Waals surface area contributed by atoms with E-state index in [1.165, 1.54) is 0 Å². The van der Waals surface area contributed by atoms with Crippen LogP contribution in [0.4, 0.5) is 22.0 Å². The van der Waals surface area contributed by atoms with Gasteiger partial charge in [-0.15, -0.1) is 0 Å². The van der Waals surface area contributed by atoms with Crippen LogP contribution in [0.2, 0.25) is 0 Å². The summed E-state index contributed by atoms with van der Waals surface area (Å²) in [5.41, 5.74) is 0. The van der Waals surface area contributed by atoms with Crippen LogP contribution in [0.25, 0.3) is 0 Å². The summed E-state index contributed by atoms with van der Waals surface area (Å²) in [6.45, 7) is 2.36. The van der Waals surface area contributed by atoms with Gasteiger partial charge in [-0.05, 0) is 32.1 Å². The van der Waals surface area contributed by atoms with Gasteiger partial charge in [-0.1, -0.05) is 38.5 Å². The van der Waals surface area contributed by atoms with Gasteiger partial charge in [-0.2, -0.15) is 22.0 Å². The number of ether oxygens (including phenoxy) is 2. The minimum Gasteiger partial charge on any atom is -0.381 e. The molecule has 150 valence electrons. The lowest BCUT2D eigenvalue weighted by Crippen LogP contribution is -2.36. The molecule has 1 aliphatic heterocycles. The fraction of sp³-hybridized carbons (Fsp3) is 1.00. The van der Waals surface area contributed by atoms with Crippen molar-refractivity contribution in [3.05, 3.63) is 0 Å². The molecule has 7 heteroatoms. The van der Waals surface area contributed by atoms with E-state index in [4.69, 9.17) is 9.47 Å². The van der Waals surface area contributed by atoms with E-state index in [9.17, 15) is 22.0 Å². The maximum absolute atomic E-state index is 12.7. The van der Waals surface area contributed by atoms with Gasteiger partial charge >= 0.3 is 12.1 Å². The van der Waals surface area contributed by atoms with Crippen molar-refractivity contribution in [2.75, 3.05) is 19.8 Å². The first-order valence-corrected chi connectivity index (χ1v) is 9.47. The highest BCUT2D eigenvalue weighted by Gasteiger charge is 2.56. The van der Waals surface area contributed by atoms with E-state index in [1.807, 2.05) is 0 Å². The first-order valence-electron chi connectivity index (χ1n) is 9.47. The van der Waals surface area contributed by atoms with Crippen molar-refractivity contribution in [2.24, 2.45) is 0 Å². The number of hydrogen-bond acceptors (Lipinski definition) is 2. The van der Waals surface area contributed by atoms with Crippen molar-refractivity contribution in [3.8, 4) is 0 Å². The minimum atomic E-state index is -5.42. The van der Waals surface area contributed by atoms with Crippen LogP contribution < -0.4 is 0 Å². The Balaban J connectivity index is 1.78. The molecule has 2 nitrogen and oxygen atoms in total. The largest absolute Gasteiger partial charge is 0.453 e. The molecule has 1 heterocycles. The first kappa shape index (κ1) is 22.6. The van der Waals surface area contributed by atoms with Crippen molar-refractivity contribution in [3.63, 3.8) is 0 Å². The minimum absolute atomic E-state index is 0.0783. The smallest absolute Gasteiger partial charge is 0.381 e. The van der Waals surface area contributed by atoms with Gasteiger partial charge in [0.1, 0.15) is 0 Å². The molecule has 0 saturated carbocycles. The van der Waals surface area contributed by atoms with Crippen LogP contribution in [0.5, 0.6) is 0 Å². The molecule has 0 spiro atoms. The maximum Gasteiger partial charge on any atom is 0.453 e. The van der Waals surface area contributed by atoms with E-state index in [-0.39, 0.29) is 6.42 Å². The zero-order chi connectivity index (χ0) is 18.6. The summed E-state index contributed by atoms with van der Waals surface area (Å²) in [6, 6.07) is 0. The molecule has 0 aliphatic carbocycles. The average molecular weight is 374 g/mol. The third-order valence-electron chi connectivity index (χ3n) is 4.55. The SMILES string of the molecule is FC(F)(F)C(F)(F)CCCCCCCCCCOCCC1CCCO1. The molecule has 0 N–H and O–H groups in total. The standard InChI is InChI=1S/C18H31F5O2/c19-17(20,18(21,22)23)12-7-5-3-1-2-4-6-8-13-24-15-11-16-10-9-14-25-16/h16H,1-15H2. The van der Waals surface area contributed by atoms with Gasteiger partial charge in [0, 0.05) is 26.2 Å². The fourth-order valence-corrected chi connectivity index (χ4v) is 2.94. The molecule has 1 saturated heterocycles. The molecule has 0 radical (unpaired) electrons. The van der Waals surface area contributed by atoms with E-state index in [0.717, 1.165) is 71.2 Å². The summed E-state index contributed by atoms with van der Waals surface area (Å²) in [5, 5.41) is 0. The van der Waals surface area contributed by atoms with E-state index < -0.39 is 18.5 Å². The van der Waals surface area contributed by atoms with Crippen LogP contribution in [0, 0.1) is 0 Å². The highest BCUT2D eigenvalue weighted by molar-refractivity contribution is 4.75. The van der Waals surface area contributed by atoms with Gasteiger partial charge in [0.25, 0.3) is 0 Å². The highest BCUT2D eigenvalue weighted by Crippen LogP contribution is 2.39. The Morgan fingerprint density at radius 3 is 1.96 bits per heavy atom. The molecule has 1 fully saturated rings. The van der Waals surface area contributed by atoms with Crippen molar-refractivity contribution in [1.29, 1.82) is 0 Å². The number of halogens is 5. The molecule has 0 aromatic heterocycles.